The monoisotopic (exact) mass is 330 g/mol. The molecule has 4 rings (SSSR count). The topological polar surface area (TPSA) is 63.6 Å². The molecule has 0 radical (unpaired) electrons. The molecule has 0 aliphatic heterocycles. The second-order valence-electron chi connectivity index (χ2n) is 6.18. The van der Waals surface area contributed by atoms with Gasteiger partial charge < -0.3 is 9.55 Å². The van der Waals surface area contributed by atoms with E-state index < -0.39 is 0 Å². The van der Waals surface area contributed by atoms with Crippen LogP contribution >= 0.6 is 0 Å². The van der Waals surface area contributed by atoms with Crippen molar-refractivity contribution in [1.82, 2.24) is 19.5 Å². The molecule has 1 aromatic carbocycles. The number of aromatic nitrogens is 4. The molecule has 0 unspecified atom stereocenters. The number of Topliss-reactive ketones (excluding diaryl/α,β-unsaturated/α-hetero) is 1. The molecule has 1 N–H and O–H groups in total. The van der Waals surface area contributed by atoms with Gasteiger partial charge >= 0.3 is 0 Å². The first-order valence-corrected chi connectivity index (χ1v) is 8.19. The molecule has 0 spiro atoms. The number of fused-ring (bicyclic) bond motifs is 1. The van der Waals surface area contributed by atoms with E-state index in [0.29, 0.717) is 5.82 Å². The molecule has 4 aromatic rings. The van der Waals surface area contributed by atoms with E-state index in [0.717, 1.165) is 33.5 Å². The van der Waals surface area contributed by atoms with Crippen molar-refractivity contribution < 1.29 is 4.79 Å². The van der Waals surface area contributed by atoms with Crippen LogP contribution in [0.15, 0.2) is 55.0 Å². The van der Waals surface area contributed by atoms with Crippen molar-refractivity contribution in [1.29, 1.82) is 0 Å². The molecule has 0 saturated heterocycles. The maximum absolute atomic E-state index is 12.6. The number of hydrogen-bond acceptors (Lipinski definition) is 3. The Morgan fingerprint density at radius 3 is 2.76 bits per heavy atom. The highest BCUT2D eigenvalue weighted by Gasteiger charge is 2.15. The number of ketones is 1. The highest BCUT2D eigenvalue weighted by atomic mass is 16.1. The summed E-state index contributed by atoms with van der Waals surface area (Å²) in [7, 11) is 0. The number of aromatic amines is 1. The van der Waals surface area contributed by atoms with Crippen LogP contribution in [0.2, 0.25) is 0 Å². The second-order valence-corrected chi connectivity index (χ2v) is 6.18. The van der Waals surface area contributed by atoms with Crippen LogP contribution in [0.3, 0.4) is 0 Å². The van der Waals surface area contributed by atoms with E-state index in [-0.39, 0.29) is 12.2 Å². The highest BCUT2D eigenvalue weighted by molar-refractivity contribution is 5.97. The quantitative estimate of drug-likeness (QED) is 0.579. The highest BCUT2D eigenvalue weighted by Crippen LogP contribution is 2.18. The Balaban J connectivity index is 1.65. The third kappa shape index (κ3) is 2.85. The molecule has 0 amide bonds. The number of nitrogens with zero attached hydrogens (tertiary/aromatic N) is 3. The summed E-state index contributed by atoms with van der Waals surface area (Å²) in [6.07, 6.45) is 5.95. The summed E-state index contributed by atoms with van der Waals surface area (Å²) in [5.74, 6) is 0.322. The maximum Gasteiger partial charge on any atom is 0.204 e. The normalized spacial score (nSPS) is 11.1. The van der Waals surface area contributed by atoms with Gasteiger partial charge in [-0.05, 0) is 61.4 Å². The zero-order chi connectivity index (χ0) is 17.4. The second kappa shape index (κ2) is 6.02. The van der Waals surface area contributed by atoms with E-state index in [1.54, 1.807) is 6.20 Å². The van der Waals surface area contributed by atoms with Gasteiger partial charge in [0.2, 0.25) is 5.78 Å². The third-order valence-electron chi connectivity index (χ3n) is 4.54. The molecule has 5 heteroatoms. The standard InChI is InChI=1S/C20H18N4O/c1-13-7-8-21-17(14(13)2)12-19(25)20-22-16-6-5-15(11-18(16)23-20)24-9-3-4-10-24/h3-11H,12H2,1-2H3,(H,22,23). The van der Waals surface area contributed by atoms with Gasteiger partial charge in [-0.2, -0.15) is 0 Å². The van der Waals surface area contributed by atoms with Crippen LogP contribution < -0.4 is 0 Å². The van der Waals surface area contributed by atoms with Gasteiger partial charge in [0, 0.05) is 24.3 Å². The minimum Gasteiger partial charge on any atom is -0.335 e. The molecule has 3 heterocycles. The Morgan fingerprint density at radius 2 is 1.96 bits per heavy atom. The summed E-state index contributed by atoms with van der Waals surface area (Å²) in [6.45, 7) is 4.02. The van der Waals surface area contributed by atoms with Crippen molar-refractivity contribution in [3.05, 3.63) is 77.6 Å². The summed E-state index contributed by atoms with van der Waals surface area (Å²) in [6, 6.07) is 11.8. The van der Waals surface area contributed by atoms with E-state index >= 15 is 0 Å². The predicted octanol–water partition coefficient (Wildman–Crippen LogP) is 3.79. The summed E-state index contributed by atoms with van der Waals surface area (Å²) in [4.78, 5) is 24.6. The number of benzene rings is 1. The van der Waals surface area contributed by atoms with Crippen LogP contribution in [-0.4, -0.2) is 25.3 Å². The fourth-order valence-electron chi connectivity index (χ4n) is 2.90. The molecule has 0 saturated carbocycles. The van der Waals surface area contributed by atoms with Crippen molar-refractivity contribution in [2.24, 2.45) is 0 Å². The summed E-state index contributed by atoms with van der Waals surface area (Å²) >= 11 is 0. The Kier molecular flexibility index (Phi) is 3.69. The zero-order valence-corrected chi connectivity index (χ0v) is 14.2. The lowest BCUT2D eigenvalue weighted by Crippen LogP contribution is -2.09. The van der Waals surface area contributed by atoms with Gasteiger partial charge in [-0.25, -0.2) is 4.98 Å². The van der Waals surface area contributed by atoms with E-state index in [1.165, 1.54) is 0 Å². The van der Waals surface area contributed by atoms with E-state index in [1.807, 2.05) is 67.2 Å². The van der Waals surface area contributed by atoms with Gasteiger partial charge in [0.25, 0.3) is 0 Å². The fourth-order valence-corrected chi connectivity index (χ4v) is 2.90. The van der Waals surface area contributed by atoms with Crippen molar-refractivity contribution in [2.75, 3.05) is 0 Å². The summed E-state index contributed by atoms with van der Waals surface area (Å²) in [5.41, 5.74) is 5.66. The average Bonchev–Trinajstić information content (AvgIpc) is 3.27. The van der Waals surface area contributed by atoms with Gasteiger partial charge in [0.1, 0.15) is 0 Å². The molecule has 0 aliphatic rings. The van der Waals surface area contributed by atoms with E-state index in [4.69, 9.17) is 0 Å². The van der Waals surface area contributed by atoms with Crippen LogP contribution in [0.25, 0.3) is 16.7 Å². The van der Waals surface area contributed by atoms with Gasteiger partial charge in [-0.1, -0.05) is 0 Å². The summed E-state index contributed by atoms with van der Waals surface area (Å²) in [5, 5.41) is 0. The fraction of sp³-hybridized carbons (Fsp3) is 0.150. The van der Waals surface area contributed by atoms with E-state index in [2.05, 4.69) is 15.0 Å². The van der Waals surface area contributed by atoms with Crippen molar-refractivity contribution >= 4 is 16.8 Å². The van der Waals surface area contributed by atoms with Crippen LogP contribution in [-0.2, 0) is 6.42 Å². The smallest absolute Gasteiger partial charge is 0.204 e. The maximum atomic E-state index is 12.6. The van der Waals surface area contributed by atoms with Gasteiger partial charge in [0.15, 0.2) is 5.82 Å². The van der Waals surface area contributed by atoms with Crippen LogP contribution in [0.5, 0.6) is 0 Å². The lowest BCUT2D eigenvalue weighted by molar-refractivity contribution is 0.0983. The molecule has 0 aliphatic carbocycles. The molecule has 0 fully saturated rings. The summed E-state index contributed by atoms with van der Waals surface area (Å²) < 4.78 is 2.02. The Hall–Kier alpha value is -3.21. The number of carbonyl (C=O) groups excluding carboxylic acids is 1. The Morgan fingerprint density at radius 1 is 1.16 bits per heavy atom. The minimum atomic E-state index is -0.0556. The molecule has 0 bridgehead atoms. The largest absolute Gasteiger partial charge is 0.335 e. The van der Waals surface area contributed by atoms with Crippen LogP contribution in [0, 0.1) is 13.8 Å². The number of nitrogens with one attached hydrogen (secondary N) is 1. The SMILES string of the molecule is Cc1ccnc(CC(=O)c2nc3ccc(-n4cccc4)cc3[nH]2)c1C. The van der Waals surface area contributed by atoms with E-state index in [9.17, 15) is 4.79 Å². The Labute approximate surface area is 145 Å². The van der Waals surface area contributed by atoms with Crippen molar-refractivity contribution in [3.63, 3.8) is 0 Å². The number of rotatable bonds is 4. The first-order chi connectivity index (χ1) is 12.1. The number of pyridine rings is 1. The number of aryl methyl sites for hydroxylation is 1. The van der Waals surface area contributed by atoms with Crippen LogP contribution in [0.4, 0.5) is 0 Å². The average molecular weight is 330 g/mol. The number of H-pyrrole nitrogens is 1. The molecule has 124 valence electrons. The predicted molar refractivity (Wildman–Crippen MR) is 97.2 cm³/mol. The first-order valence-electron chi connectivity index (χ1n) is 8.19. The third-order valence-corrected chi connectivity index (χ3v) is 4.54. The molecule has 25 heavy (non-hydrogen) atoms. The molecule has 3 aromatic heterocycles. The molecule has 0 atom stereocenters. The number of hydrogen-bond donors (Lipinski definition) is 1. The first kappa shape index (κ1) is 15.3. The van der Waals surface area contributed by atoms with Gasteiger partial charge in [-0.3, -0.25) is 9.78 Å². The lowest BCUT2D eigenvalue weighted by atomic mass is 10.1. The lowest BCUT2D eigenvalue weighted by Gasteiger charge is -2.05. The number of carbonyl (C=O) groups is 1. The number of imidazole rings is 1. The van der Waals surface area contributed by atoms with Crippen molar-refractivity contribution in [2.45, 2.75) is 20.3 Å². The van der Waals surface area contributed by atoms with Gasteiger partial charge in [0.05, 0.1) is 23.1 Å². The Bertz CT molecular complexity index is 1060. The van der Waals surface area contributed by atoms with Gasteiger partial charge in [-0.15, -0.1) is 0 Å². The molecular weight excluding hydrogens is 312 g/mol. The minimum absolute atomic E-state index is 0.0556. The van der Waals surface area contributed by atoms with Crippen molar-refractivity contribution in [3.8, 4) is 5.69 Å². The zero-order valence-electron chi connectivity index (χ0n) is 14.2. The molecular formula is C20H18N4O. The van der Waals surface area contributed by atoms with Crippen LogP contribution in [0.1, 0.15) is 27.4 Å². The molecule has 5 nitrogen and oxygen atoms in total.